The van der Waals surface area contributed by atoms with E-state index in [1.807, 2.05) is 4.72 Å². The SMILES string of the molecule is CNS(=O)(=O)c1ccc(Oc2cc(F)cc(F)c2)c2c1C(O)C(F)(F)C2. The minimum absolute atomic E-state index is 0.226. The predicted molar refractivity (Wildman–Crippen MR) is 82.7 cm³/mol. The number of aliphatic hydroxyl groups is 1. The van der Waals surface area contributed by atoms with Gasteiger partial charge in [0.25, 0.3) is 5.92 Å². The van der Waals surface area contributed by atoms with E-state index in [-0.39, 0.29) is 17.1 Å². The number of nitrogens with one attached hydrogen (secondary N) is 1. The van der Waals surface area contributed by atoms with Crippen molar-refractivity contribution in [2.75, 3.05) is 7.05 Å². The summed E-state index contributed by atoms with van der Waals surface area (Å²) in [6, 6.07) is 4.38. The summed E-state index contributed by atoms with van der Waals surface area (Å²) in [4.78, 5) is -0.516. The van der Waals surface area contributed by atoms with Crippen LogP contribution in [-0.2, 0) is 16.4 Å². The van der Waals surface area contributed by atoms with Crippen molar-refractivity contribution in [2.45, 2.75) is 23.3 Å². The number of sulfonamides is 1. The van der Waals surface area contributed by atoms with Crippen molar-refractivity contribution < 1.29 is 35.8 Å². The van der Waals surface area contributed by atoms with Crippen LogP contribution in [0.5, 0.6) is 11.5 Å². The first-order valence-electron chi connectivity index (χ1n) is 7.34. The second kappa shape index (κ2) is 6.22. The lowest BCUT2D eigenvalue weighted by atomic mass is 10.1. The summed E-state index contributed by atoms with van der Waals surface area (Å²) < 4.78 is 86.0. The Kier molecular flexibility index (Phi) is 4.45. The van der Waals surface area contributed by atoms with Crippen LogP contribution in [0.25, 0.3) is 0 Å². The van der Waals surface area contributed by atoms with Crippen LogP contribution in [0.4, 0.5) is 17.6 Å². The fourth-order valence-corrected chi connectivity index (χ4v) is 3.79. The zero-order valence-corrected chi connectivity index (χ0v) is 14.1. The van der Waals surface area contributed by atoms with E-state index in [1.54, 1.807) is 0 Å². The summed E-state index contributed by atoms with van der Waals surface area (Å²) in [7, 11) is -3.03. The molecule has 3 rings (SSSR count). The van der Waals surface area contributed by atoms with Crippen LogP contribution in [0, 0.1) is 11.6 Å². The molecule has 0 amide bonds. The second-order valence-corrected chi connectivity index (χ2v) is 7.56. The molecular weight excluding hydrogens is 378 g/mol. The van der Waals surface area contributed by atoms with Crippen molar-refractivity contribution >= 4 is 10.0 Å². The van der Waals surface area contributed by atoms with Gasteiger partial charge < -0.3 is 9.84 Å². The van der Waals surface area contributed by atoms with E-state index in [9.17, 15) is 31.1 Å². The van der Waals surface area contributed by atoms with Gasteiger partial charge in [-0.15, -0.1) is 0 Å². The van der Waals surface area contributed by atoms with Gasteiger partial charge in [-0.1, -0.05) is 0 Å². The number of rotatable bonds is 4. The summed E-state index contributed by atoms with van der Waals surface area (Å²) >= 11 is 0. The topological polar surface area (TPSA) is 75.6 Å². The van der Waals surface area contributed by atoms with Gasteiger partial charge in [0, 0.05) is 35.7 Å². The number of hydrogen-bond donors (Lipinski definition) is 2. The maximum Gasteiger partial charge on any atom is 0.281 e. The molecule has 2 aromatic carbocycles. The molecule has 2 aromatic rings. The number of halogens is 4. The summed E-state index contributed by atoms with van der Waals surface area (Å²) in [6.07, 6.45) is -3.34. The first kappa shape index (κ1) is 18.6. The van der Waals surface area contributed by atoms with Crippen molar-refractivity contribution in [1.29, 1.82) is 0 Å². The number of benzene rings is 2. The summed E-state index contributed by atoms with van der Waals surface area (Å²) in [6.45, 7) is 0. The first-order valence-corrected chi connectivity index (χ1v) is 8.82. The molecule has 1 aliphatic rings. The predicted octanol–water partition coefficient (Wildman–Crippen LogP) is 2.89. The van der Waals surface area contributed by atoms with Crippen LogP contribution in [0.1, 0.15) is 17.2 Å². The third-order valence-corrected chi connectivity index (χ3v) is 5.45. The molecule has 26 heavy (non-hydrogen) atoms. The molecule has 0 spiro atoms. The number of alkyl halides is 2. The van der Waals surface area contributed by atoms with Gasteiger partial charge in [-0.05, 0) is 19.2 Å². The summed E-state index contributed by atoms with van der Waals surface area (Å²) in [5, 5.41) is 9.91. The van der Waals surface area contributed by atoms with Gasteiger partial charge in [-0.25, -0.2) is 30.7 Å². The Morgan fingerprint density at radius 3 is 2.38 bits per heavy atom. The zero-order valence-electron chi connectivity index (χ0n) is 13.3. The molecule has 5 nitrogen and oxygen atoms in total. The van der Waals surface area contributed by atoms with Crippen LogP contribution in [-0.4, -0.2) is 26.5 Å². The van der Waals surface area contributed by atoms with Crippen LogP contribution in [0.2, 0.25) is 0 Å². The molecule has 2 N–H and O–H groups in total. The average molecular weight is 391 g/mol. The normalized spacial score (nSPS) is 18.6. The molecule has 0 heterocycles. The number of ether oxygens (including phenoxy) is 1. The van der Waals surface area contributed by atoms with Crippen molar-refractivity contribution in [3.63, 3.8) is 0 Å². The van der Waals surface area contributed by atoms with Gasteiger partial charge >= 0.3 is 0 Å². The van der Waals surface area contributed by atoms with Crippen molar-refractivity contribution in [3.8, 4) is 11.5 Å². The molecular formula is C16H13F4NO4S. The monoisotopic (exact) mass is 391 g/mol. The van der Waals surface area contributed by atoms with Gasteiger partial charge in [-0.3, -0.25) is 0 Å². The Morgan fingerprint density at radius 2 is 1.81 bits per heavy atom. The minimum Gasteiger partial charge on any atom is -0.457 e. The van der Waals surface area contributed by atoms with Gasteiger partial charge in [-0.2, -0.15) is 0 Å². The van der Waals surface area contributed by atoms with E-state index in [0.717, 1.165) is 31.3 Å². The molecule has 1 unspecified atom stereocenters. The molecule has 0 saturated carbocycles. The molecule has 0 radical (unpaired) electrons. The highest BCUT2D eigenvalue weighted by Crippen LogP contribution is 2.49. The van der Waals surface area contributed by atoms with Crippen LogP contribution >= 0.6 is 0 Å². The van der Waals surface area contributed by atoms with Gasteiger partial charge in [0.05, 0.1) is 4.90 Å². The van der Waals surface area contributed by atoms with Gasteiger partial charge in [0.1, 0.15) is 29.2 Å². The number of fused-ring (bicyclic) bond motifs is 1. The maximum absolute atomic E-state index is 14.0. The second-order valence-electron chi connectivity index (χ2n) is 5.71. The Bertz CT molecular complexity index is 958. The zero-order chi connectivity index (χ0) is 19.3. The van der Waals surface area contributed by atoms with Gasteiger partial charge in [0.2, 0.25) is 10.0 Å². The van der Waals surface area contributed by atoms with E-state index in [1.165, 1.54) is 0 Å². The molecule has 10 heteroatoms. The smallest absolute Gasteiger partial charge is 0.281 e. The highest BCUT2D eigenvalue weighted by molar-refractivity contribution is 7.89. The molecule has 1 aliphatic carbocycles. The van der Waals surface area contributed by atoms with E-state index in [4.69, 9.17) is 4.74 Å². The Labute approximate surface area is 146 Å². The quantitative estimate of drug-likeness (QED) is 0.786. The van der Waals surface area contributed by atoms with E-state index < -0.39 is 50.6 Å². The van der Waals surface area contributed by atoms with Crippen LogP contribution in [0.3, 0.4) is 0 Å². The molecule has 0 aromatic heterocycles. The Morgan fingerprint density at radius 1 is 1.19 bits per heavy atom. The van der Waals surface area contributed by atoms with Crippen molar-refractivity contribution in [1.82, 2.24) is 4.72 Å². The Hall–Kier alpha value is -2.17. The molecule has 1 atom stereocenters. The molecule has 0 fully saturated rings. The first-order chi connectivity index (χ1) is 12.0. The third-order valence-electron chi connectivity index (χ3n) is 3.98. The van der Waals surface area contributed by atoms with E-state index in [2.05, 4.69) is 0 Å². The van der Waals surface area contributed by atoms with Crippen molar-refractivity contribution in [2.24, 2.45) is 0 Å². The largest absolute Gasteiger partial charge is 0.457 e. The Balaban J connectivity index is 2.15. The minimum atomic E-state index is -4.13. The van der Waals surface area contributed by atoms with E-state index in [0.29, 0.717) is 6.07 Å². The van der Waals surface area contributed by atoms with Crippen LogP contribution < -0.4 is 9.46 Å². The number of aliphatic hydroxyl groups excluding tert-OH is 1. The third kappa shape index (κ3) is 3.15. The van der Waals surface area contributed by atoms with Gasteiger partial charge in [0.15, 0.2) is 0 Å². The lowest BCUT2D eigenvalue weighted by molar-refractivity contribution is -0.0976. The van der Waals surface area contributed by atoms with Crippen LogP contribution in [0.15, 0.2) is 35.2 Å². The maximum atomic E-state index is 14.0. The highest BCUT2D eigenvalue weighted by Gasteiger charge is 2.50. The lowest BCUT2D eigenvalue weighted by Gasteiger charge is -2.16. The standard InChI is InChI=1S/C16H13F4NO4S/c1-21-26(23,24)13-3-2-12(11-7-16(19,20)15(22)14(11)13)25-10-5-8(17)4-9(18)6-10/h2-6,15,21-22H,7H2,1H3. The fraction of sp³-hybridized carbons (Fsp3) is 0.250. The molecule has 0 saturated heterocycles. The lowest BCUT2D eigenvalue weighted by Crippen LogP contribution is -2.24. The number of hydrogen-bond acceptors (Lipinski definition) is 4. The highest BCUT2D eigenvalue weighted by atomic mass is 32.2. The molecule has 140 valence electrons. The summed E-state index contributed by atoms with van der Waals surface area (Å²) in [5.74, 6) is -6.00. The average Bonchev–Trinajstić information content (AvgIpc) is 2.77. The fourth-order valence-electron chi connectivity index (χ4n) is 2.80. The summed E-state index contributed by atoms with van der Waals surface area (Å²) in [5.41, 5.74) is -0.748. The van der Waals surface area contributed by atoms with E-state index >= 15 is 0 Å². The van der Waals surface area contributed by atoms with Crippen molar-refractivity contribution in [3.05, 3.63) is 53.1 Å². The molecule has 0 bridgehead atoms. The molecule has 0 aliphatic heterocycles.